The van der Waals surface area contributed by atoms with Crippen molar-refractivity contribution in [2.75, 3.05) is 17.8 Å². The van der Waals surface area contributed by atoms with Crippen LogP contribution in [0.4, 0.5) is 0 Å². The van der Waals surface area contributed by atoms with Gasteiger partial charge >= 0.3 is 5.97 Å². The average molecular weight is 207 g/mol. The predicted octanol–water partition coefficient (Wildman–Crippen LogP) is 0.855. The van der Waals surface area contributed by atoms with E-state index in [0.717, 1.165) is 12.2 Å². The second-order valence-electron chi connectivity index (χ2n) is 2.66. The van der Waals surface area contributed by atoms with Gasteiger partial charge < -0.3 is 5.11 Å². The lowest BCUT2D eigenvalue weighted by Crippen LogP contribution is -2.36. The lowest BCUT2D eigenvalue weighted by atomic mass is 10.3. The molecule has 1 fully saturated rings. The number of carbonyl (C=O) groups is 1. The van der Waals surface area contributed by atoms with Crippen LogP contribution in [0.25, 0.3) is 0 Å². The Kier molecular flexibility index (Phi) is 4.25. The van der Waals surface area contributed by atoms with Crippen LogP contribution < -0.4 is 5.32 Å². The van der Waals surface area contributed by atoms with Gasteiger partial charge in [-0.1, -0.05) is 0 Å². The fourth-order valence-electron chi connectivity index (χ4n) is 1.07. The first-order valence-electron chi connectivity index (χ1n) is 3.83. The van der Waals surface area contributed by atoms with Crippen molar-refractivity contribution in [3.05, 3.63) is 0 Å². The number of hydrogen-bond acceptors (Lipinski definition) is 4. The molecule has 0 aromatic carbocycles. The summed E-state index contributed by atoms with van der Waals surface area (Å²) in [5.74, 6) is 1.07. The van der Waals surface area contributed by atoms with Crippen molar-refractivity contribution >= 4 is 29.5 Å². The number of carboxylic acid groups (broad SMARTS) is 1. The van der Waals surface area contributed by atoms with E-state index in [2.05, 4.69) is 11.6 Å². The number of nitrogens with one attached hydrogen (secondary N) is 1. The number of rotatable bonds is 4. The van der Waals surface area contributed by atoms with Gasteiger partial charge in [-0.2, -0.15) is 11.8 Å². The lowest BCUT2D eigenvalue weighted by Gasteiger charge is -2.08. The Morgan fingerprint density at radius 2 is 2.58 bits per heavy atom. The predicted molar refractivity (Wildman–Crippen MR) is 53.8 cm³/mol. The zero-order valence-corrected chi connectivity index (χ0v) is 8.58. The minimum absolute atomic E-state index is 0.332. The normalized spacial score (nSPS) is 29.1. The summed E-state index contributed by atoms with van der Waals surface area (Å²) in [5.41, 5.74) is 0. The van der Waals surface area contributed by atoms with Gasteiger partial charge in [0.25, 0.3) is 0 Å². The number of hydrogen-bond donors (Lipinski definition) is 2. The summed E-state index contributed by atoms with van der Waals surface area (Å²) in [5, 5.41) is 12.1. The standard InChI is InChI=1S/C7H13NO2S2/c1-11-3-2-6-8-5(4-12-6)7(9)10/h5-6,8H,2-4H2,1H3,(H,9,10)/t5-,6?/m1/s1. The molecule has 0 radical (unpaired) electrons. The van der Waals surface area contributed by atoms with Gasteiger partial charge in [-0.15, -0.1) is 11.8 Å². The van der Waals surface area contributed by atoms with E-state index in [4.69, 9.17) is 5.11 Å². The molecule has 1 aliphatic heterocycles. The zero-order valence-electron chi connectivity index (χ0n) is 6.95. The van der Waals surface area contributed by atoms with Crippen LogP contribution in [0.3, 0.4) is 0 Å². The monoisotopic (exact) mass is 207 g/mol. The van der Waals surface area contributed by atoms with E-state index in [1.165, 1.54) is 0 Å². The van der Waals surface area contributed by atoms with E-state index in [9.17, 15) is 4.79 Å². The fraction of sp³-hybridized carbons (Fsp3) is 0.857. The smallest absolute Gasteiger partial charge is 0.321 e. The molecule has 2 atom stereocenters. The van der Waals surface area contributed by atoms with Gasteiger partial charge in [-0.25, -0.2) is 0 Å². The van der Waals surface area contributed by atoms with Crippen LogP contribution in [0.1, 0.15) is 6.42 Å². The molecule has 70 valence electrons. The van der Waals surface area contributed by atoms with Gasteiger partial charge in [0.2, 0.25) is 0 Å². The average Bonchev–Trinajstić information content (AvgIpc) is 2.48. The van der Waals surface area contributed by atoms with E-state index in [-0.39, 0.29) is 6.04 Å². The molecule has 1 rings (SSSR count). The topological polar surface area (TPSA) is 49.3 Å². The van der Waals surface area contributed by atoms with Crippen molar-refractivity contribution in [2.24, 2.45) is 0 Å². The summed E-state index contributed by atoms with van der Waals surface area (Å²) < 4.78 is 0. The first-order valence-corrected chi connectivity index (χ1v) is 6.27. The highest BCUT2D eigenvalue weighted by Gasteiger charge is 2.28. The third-order valence-corrected chi connectivity index (χ3v) is 3.68. The Labute approximate surface area is 80.7 Å². The number of carboxylic acids is 1. The van der Waals surface area contributed by atoms with E-state index in [1.807, 2.05) is 0 Å². The molecule has 0 amide bonds. The molecule has 1 heterocycles. The SMILES string of the molecule is CSCCC1N[C@@H](C(=O)O)CS1. The first kappa shape index (κ1) is 10.2. The second-order valence-corrected chi connectivity index (χ2v) is 4.88. The molecule has 1 unspecified atom stereocenters. The maximum absolute atomic E-state index is 10.5. The second kappa shape index (κ2) is 4.99. The van der Waals surface area contributed by atoms with Crippen LogP contribution in [0.5, 0.6) is 0 Å². The molecule has 0 aliphatic carbocycles. The Balaban J connectivity index is 2.21. The van der Waals surface area contributed by atoms with Gasteiger partial charge in [0.15, 0.2) is 0 Å². The lowest BCUT2D eigenvalue weighted by molar-refractivity contribution is -0.138. The van der Waals surface area contributed by atoms with Crippen molar-refractivity contribution < 1.29 is 9.90 Å². The highest BCUT2D eigenvalue weighted by molar-refractivity contribution is 8.00. The van der Waals surface area contributed by atoms with Crippen LogP contribution in [-0.2, 0) is 4.79 Å². The minimum atomic E-state index is -0.728. The van der Waals surface area contributed by atoms with Crippen LogP contribution in [0.2, 0.25) is 0 Å². The summed E-state index contributed by atoms with van der Waals surface area (Å²) in [6.45, 7) is 0. The Morgan fingerprint density at radius 3 is 3.08 bits per heavy atom. The van der Waals surface area contributed by atoms with Crippen molar-refractivity contribution in [3.8, 4) is 0 Å². The Hall–Kier alpha value is 0.130. The van der Waals surface area contributed by atoms with Gasteiger partial charge in [0.1, 0.15) is 6.04 Å². The molecular formula is C7H13NO2S2. The summed E-state index contributed by atoms with van der Waals surface area (Å²) in [7, 11) is 0. The van der Waals surface area contributed by atoms with Crippen molar-refractivity contribution in [1.82, 2.24) is 5.32 Å². The van der Waals surface area contributed by atoms with Crippen molar-refractivity contribution in [1.29, 1.82) is 0 Å². The third kappa shape index (κ3) is 2.88. The highest BCUT2D eigenvalue weighted by Crippen LogP contribution is 2.22. The summed E-state index contributed by atoms with van der Waals surface area (Å²) in [6, 6.07) is -0.332. The Morgan fingerprint density at radius 1 is 1.83 bits per heavy atom. The maximum Gasteiger partial charge on any atom is 0.321 e. The van der Waals surface area contributed by atoms with E-state index < -0.39 is 5.97 Å². The number of thioether (sulfide) groups is 2. The van der Waals surface area contributed by atoms with E-state index >= 15 is 0 Å². The molecule has 12 heavy (non-hydrogen) atoms. The van der Waals surface area contributed by atoms with E-state index in [0.29, 0.717) is 11.1 Å². The largest absolute Gasteiger partial charge is 0.480 e. The number of aliphatic carboxylic acids is 1. The fourth-order valence-corrected chi connectivity index (χ4v) is 2.90. The summed E-state index contributed by atoms with van der Waals surface area (Å²) >= 11 is 3.51. The molecule has 0 bridgehead atoms. The van der Waals surface area contributed by atoms with Crippen LogP contribution in [-0.4, -0.2) is 40.3 Å². The zero-order chi connectivity index (χ0) is 8.97. The van der Waals surface area contributed by atoms with Crippen molar-refractivity contribution in [3.63, 3.8) is 0 Å². The van der Waals surface area contributed by atoms with Gasteiger partial charge in [0.05, 0.1) is 5.37 Å². The molecule has 1 aliphatic rings. The Bertz CT molecular complexity index is 165. The summed E-state index contributed by atoms with van der Waals surface area (Å²) in [6.07, 6.45) is 3.11. The quantitative estimate of drug-likeness (QED) is 0.716. The highest BCUT2D eigenvalue weighted by atomic mass is 32.2. The molecular weight excluding hydrogens is 194 g/mol. The molecule has 2 N–H and O–H groups in total. The molecule has 0 spiro atoms. The van der Waals surface area contributed by atoms with Crippen LogP contribution >= 0.6 is 23.5 Å². The molecule has 1 saturated heterocycles. The minimum Gasteiger partial charge on any atom is -0.480 e. The van der Waals surface area contributed by atoms with E-state index in [1.54, 1.807) is 23.5 Å². The molecule has 0 aromatic heterocycles. The molecule has 0 aromatic rings. The first-order chi connectivity index (χ1) is 5.74. The van der Waals surface area contributed by atoms with Gasteiger partial charge in [0, 0.05) is 5.75 Å². The van der Waals surface area contributed by atoms with Gasteiger partial charge in [-0.3, -0.25) is 10.1 Å². The molecule has 3 nitrogen and oxygen atoms in total. The summed E-state index contributed by atoms with van der Waals surface area (Å²) in [4.78, 5) is 10.5. The van der Waals surface area contributed by atoms with Gasteiger partial charge in [-0.05, 0) is 18.4 Å². The van der Waals surface area contributed by atoms with Crippen molar-refractivity contribution in [2.45, 2.75) is 17.8 Å². The van der Waals surface area contributed by atoms with Crippen LogP contribution in [0, 0.1) is 0 Å². The third-order valence-electron chi connectivity index (χ3n) is 1.73. The maximum atomic E-state index is 10.5. The molecule has 5 heteroatoms. The molecule has 0 saturated carbocycles. The van der Waals surface area contributed by atoms with Crippen LogP contribution in [0.15, 0.2) is 0 Å².